The first kappa shape index (κ1) is 9.18. The predicted molar refractivity (Wildman–Crippen MR) is 48.8 cm³/mol. The van der Waals surface area contributed by atoms with Crippen molar-refractivity contribution in [3.05, 3.63) is 30.1 Å². The van der Waals surface area contributed by atoms with Crippen molar-refractivity contribution in [1.82, 2.24) is 10.4 Å². The number of amides is 1. The minimum Gasteiger partial charge on any atom is -0.382 e. The number of pyridine rings is 1. The van der Waals surface area contributed by atoms with Crippen molar-refractivity contribution in [3.63, 3.8) is 0 Å². The molecule has 0 spiro atoms. The molecule has 0 aliphatic carbocycles. The largest absolute Gasteiger partial charge is 0.382 e. The van der Waals surface area contributed by atoms with Crippen LogP contribution in [-0.4, -0.2) is 16.7 Å². The average Bonchev–Trinajstić information content (AvgIpc) is 2.15. The molecule has 0 saturated carbocycles. The third kappa shape index (κ3) is 2.90. The van der Waals surface area contributed by atoms with Gasteiger partial charge in [0.1, 0.15) is 0 Å². The minimum absolute atomic E-state index is 0.239. The van der Waals surface area contributed by atoms with E-state index in [1.54, 1.807) is 24.5 Å². The summed E-state index contributed by atoms with van der Waals surface area (Å²) in [5, 5.41) is 3.65. The summed E-state index contributed by atoms with van der Waals surface area (Å²) in [6.45, 7) is 1.36. The number of hydrogen-bond donors (Lipinski definition) is 2. The SMILES string of the molecule is CC(=O)NN=C(N)c1cccnc1. The van der Waals surface area contributed by atoms with Crippen molar-refractivity contribution in [2.24, 2.45) is 10.8 Å². The summed E-state index contributed by atoms with van der Waals surface area (Å²) in [4.78, 5) is 14.3. The van der Waals surface area contributed by atoms with Crippen LogP contribution in [0.2, 0.25) is 0 Å². The van der Waals surface area contributed by atoms with Crippen molar-refractivity contribution in [2.45, 2.75) is 6.92 Å². The molecule has 1 rings (SSSR count). The van der Waals surface area contributed by atoms with E-state index in [0.717, 1.165) is 0 Å². The zero-order chi connectivity index (χ0) is 9.68. The third-order valence-corrected chi connectivity index (χ3v) is 1.29. The number of nitrogens with one attached hydrogen (secondary N) is 1. The number of carbonyl (C=O) groups excluding carboxylic acids is 1. The Morgan fingerprint density at radius 2 is 2.46 bits per heavy atom. The van der Waals surface area contributed by atoms with Crippen LogP contribution in [0.5, 0.6) is 0 Å². The van der Waals surface area contributed by atoms with Crippen molar-refractivity contribution in [2.75, 3.05) is 0 Å². The second-order valence-corrected chi connectivity index (χ2v) is 2.41. The number of nitrogens with zero attached hydrogens (tertiary/aromatic N) is 2. The highest BCUT2D eigenvalue weighted by molar-refractivity contribution is 5.97. The van der Waals surface area contributed by atoms with Crippen molar-refractivity contribution in [1.29, 1.82) is 0 Å². The van der Waals surface area contributed by atoms with Gasteiger partial charge in [0.25, 0.3) is 0 Å². The number of amidine groups is 1. The summed E-state index contributed by atoms with van der Waals surface area (Å²) >= 11 is 0. The summed E-state index contributed by atoms with van der Waals surface area (Å²) in [5.41, 5.74) is 8.46. The smallest absolute Gasteiger partial charge is 0.237 e. The molecular formula is C8H10N4O. The molecule has 0 atom stereocenters. The Hall–Kier alpha value is -1.91. The number of aromatic nitrogens is 1. The Kier molecular flexibility index (Phi) is 2.97. The van der Waals surface area contributed by atoms with Gasteiger partial charge in [0.2, 0.25) is 5.91 Å². The van der Waals surface area contributed by atoms with E-state index in [1.165, 1.54) is 6.92 Å². The predicted octanol–water partition coefficient (Wildman–Crippen LogP) is -0.162. The van der Waals surface area contributed by atoms with Gasteiger partial charge in [-0.3, -0.25) is 9.78 Å². The molecule has 5 nitrogen and oxygen atoms in total. The van der Waals surface area contributed by atoms with Crippen LogP contribution in [0, 0.1) is 0 Å². The van der Waals surface area contributed by atoms with Gasteiger partial charge in [-0.2, -0.15) is 5.10 Å². The van der Waals surface area contributed by atoms with E-state index in [0.29, 0.717) is 5.56 Å². The highest BCUT2D eigenvalue weighted by Crippen LogP contribution is 1.93. The molecule has 0 aromatic carbocycles. The summed E-state index contributed by atoms with van der Waals surface area (Å²) in [6.07, 6.45) is 3.20. The van der Waals surface area contributed by atoms with Crippen LogP contribution in [0.3, 0.4) is 0 Å². The molecule has 0 aliphatic heterocycles. The average molecular weight is 178 g/mol. The number of hydrogen-bond acceptors (Lipinski definition) is 3. The molecule has 0 unspecified atom stereocenters. The number of rotatable bonds is 2. The molecule has 0 bridgehead atoms. The monoisotopic (exact) mass is 178 g/mol. The molecule has 1 heterocycles. The Balaban J connectivity index is 2.73. The summed E-state index contributed by atoms with van der Waals surface area (Å²) in [7, 11) is 0. The van der Waals surface area contributed by atoms with E-state index < -0.39 is 0 Å². The topological polar surface area (TPSA) is 80.4 Å². The molecule has 13 heavy (non-hydrogen) atoms. The third-order valence-electron chi connectivity index (χ3n) is 1.29. The van der Waals surface area contributed by atoms with Crippen LogP contribution in [0.1, 0.15) is 12.5 Å². The number of hydrazone groups is 1. The van der Waals surface area contributed by atoms with Gasteiger partial charge in [0.15, 0.2) is 5.84 Å². The number of carbonyl (C=O) groups is 1. The highest BCUT2D eigenvalue weighted by atomic mass is 16.2. The van der Waals surface area contributed by atoms with Gasteiger partial charge in [-0.1, -0.05) is 0 Å². The van der Waals surface area contributed by atoms with Crippen molar-refractivity contribution >= 4 is 11.7 Å². The van der Waals surface area contributed by atoms with Crippen molar-refractivity contribution in [3.8, 4) is 0 Å². The normalized spacial score (nSPS) is 11.0. The van der Waals surface area contributed by atoms with Gasteiger partial charge in [-0.15, -0.1) is 0 Å². The Morgan fingerprint density at radius 1 is 1.69 bits per heavy atom. The van der Waals surface area contributed by atoms with E-state index in [2.05, 4.69) is 15.5 Å². The standard InChI is InChI=1S/C8H10N4O/c1-6(13)11-12-8(9)7-3-2-4-10-5-7/h2-5H,1H3,(H2,9,12)(H,11,13). The molecule has 0 radical (unpaired) electrons. The lowest BCUT2D eigenvalue weighted by Gasteiger charge is -1.98. The summed E-state index contributed by atoms with van der Waals surface area (Å²) < 4.78 is 0. The lowest BCUT2D eigenvalue weighted by atomic mass is 10.3. The fourth-order valence-corrected chi connectivity index (χ4v) is 0.718. The van der Waals surface area contributed by atoms with Gasteiger partial charge >= 0.3 is 0 Å². The lowest BCUT2D eigenvalue weighted by Crippen LogP contribution is -2.21. The fraction of sp³-hybridized carbons (Fsp3) is 0.125. The molecular weight excluding hydrogens is 168 g/mol. The number of nitrogens with two attached hydrogens (primary N) is 1. The highest BCUT2D eigenvalue weighted by Gasteiger charge is 1.96. The molecule has 68 valence electrons. The van der Waals surface area contributed by atoms with Crippen LogP contribution in [-0.2, 0) is 4.79 Å². The zero-order valence-corrected chi connectivity index (χ0v) is 7.19. The Labute approximate surface area is 75.7 Å². The first-order valence-corrected chi connectivity index (χ1v) is 3.70. The van der Waals surface area contributed by atoms with E-state index in [-0.39, 0.29) is 11.7 Å². The van der Waals surface area contributed by atoms with Crippen LogP contribution in [0.25, 0.3) is 0 Å². The first-order valence-electron chi connectivity index (χ1n) is 3.70. The second kappa shape index (κ2) is 4.20. The van der Waals surface area contributed by atoms with E-state index in [4.69, 9.17) is 5.73 Å². The molecule has 1 aromatic heterocycles. The summed E-state index contributed by atoms with van der Waals surface area (Å²) in [6, 6.07) is 3.50. The minimum atomic E-state index is -0.258. The van der Waals surface area contributed by atoms with Crippen LogP contribution in [0.15, 0.2) is 29.6 Å². The van der Waals surface area contributed by atoms with E-state index in [9.17, 15) is 4.79 Å². The van der Waals surface area contributed by atoms with Crippen LogP contribution in [0.4, 0.5) is 0 Å². The van der Waals surface area contributed by atoms with E-state index in [1.807, 2.05) is 0 Å². The molecule has 0 aliphatic rings. The maximum Gasteiger partial charge on any atom is 0.237 e. The van der Waals surface area contributed by atoms with Gasteiger partial charge in [-0.05, 0) is 12.1 Å². The molecule has 0 saturated heterocycles. The summed E-state index contributed by atoms with van der Waals surface area (Å²) in [5.74, 6) is -0.0184. The Morgan fingerprint density at radius 3 is 3.00 bits per heavy atom. The molecule has 1 amide bonds. The quantitative estimate of drug-likeness (QED) is 0.375. The van der Waals surface area contributed by atoms with Gasteiger partial charge in [0, 0.05) is 24.9 Å². The van der Waals surface area contributed by atoms with E-state index >= 15 is 0 Å². The maximum absolute atomic E-state index is 10.5. The molecule has 5 heteroatoms. The molecule has 1 aromatic rings. The first-order chi connectivity index (χ1) is 6.20. The molecule has 3 N–H and O–H groups in total. The lowest BCUT2D eigenvalue weighted by molar-refractivity contribution is -0.118. The van der Waals surface area contributed by atoms with Crippen LogP contribution >= 0.6 is 0 Å². The zero-order valence-electron chi connectivity index (χ0n) is 7.19. The second-order valence-electron chi connectivity index (χ2n) is 2.41. The van der Waals surface area contributed by atoms with Gasteiger partial charge < -0.3 is 5.73 Å². The van der Waals surface area contributed by atoms with Gasteiger partial charge in [0.05, 0.1) is 0 Å². The maximum atomic E-state index is 10.5. The van der Waals surface area contributed by atoms with Gasteiger partial charge in [-0.25, -0.2) is 5.43 Å². The fourth-order valence-electron chi connectivity index (χ4n) is 0.718. The van der Waals surface area contributed by atoms with Crippen molar-refractivity contribution < 1.29 is 4.79 Å². The molecule has 0 fully saturated rings. The van der Waals surface area contributed by atoms with Crippen LogP contribution < -0.4 is 11.2 Å². The Bertz CT molecular complexity index is 320.